The number of ether oxygens (including phenoxy) is 1. The van der Waals surface area contributed by atoms with E-state index in [1.165, 1.54) is 13.0 Å². The number of halogens is 3. The van der Waals surface area contributed by atoms with E-state index in [4.69, 9.17) is 9.26 Å². The van der Waals surface area contributed by atoms with E-state index in [1.54, 1.807) is 42.6 Å². The van der Waals surface area contributed by atoms with Crippen LogP contribution in [-0.2, 0) is 11.2 Å². The third-order valence-electron chi connectivity index (χ3n) is 12.1. The Kier molecular flexibility index (Phi) is 42.2. The Morgan fingerprint density at radius 1 is 0.643 bits per heavy atom. The van der Waals surface area contributed by atoms with E-state index in [2.05, 4.69) is 201 Å². The largest absolute Gasteiger partial charge is 0.383 e. The quantitative estimate of drug-likeness (QED) is 0.0406. The minimum Gasteiger partial charge on any atom is -0.383 e. The Morgan fingerprint density at radius 2 is 1.21 bits per heavy atom. The summed E-state index contributed by atoms with van der Waals surface area (Å²) in [6.45, 7) is 47.6. The van der Waals surface area contributed by atoms with Gasteiger partial charge in [-0.05, 0) is 159 Å². The van der Waals surface area contributed by atoms with Gasteiger partial charge in [-0.2, -0.15) is 4.98 Å². The van der Waals surface area contributed by atoms with Crippen LogP contribution in [0.1, 0.15) is 178 Å². The molecule has 2 N–H and O–H groups in total. The fourth-order valence-corrected chi connectivity index (χ4v) is 8.47. The molecule has 2 fully saturated rings. The fraction of sp³-hybridized carbons (Fsp3) is 0.667. The molecule has 18 heteroatoms. The average molecular weight is 1250 g/mol. The minimum atomic E-state index is -2.44. The van der Waals surface area contributed by atoms with Crippen LogP contribution < -0.4 is 10.6 Å². The van der Waals surface area contributed by atoms with Crippen molar-refractivity contribution in [2.24, 2.45) is 41.4 Å². The van der Waals surface area contributed by atoms with Crippen molar-refractivity contribution in [2.45, 2.75) is 180 Å². The van der Waals surface area contributed by atoms with Gasteiger partial charge in [0.15, 0.2) is 11.0 Å². The number of hydrogen-bond donors (Lipinski definition) is 2. The molecule has 474 valence electrons. The Bertz CT molecular complexity index is 2340. The number of aromatic nitrogens is 8. The molecule has 14 nitrogen and oxygen atoms in total. The molecule has 0 bridgehead atoms. The molecule has 2 aliphatic heterocycles. The van der Waals surface area contributed by atoms with Crippen molar-refractivity contribution in [1.29, 1.82) is 0 Å². The van der Waals surface area contributed by atoms with Crippen LogP contribution in [0.25, 0.3) is 6.08 Å². The number of morpholine rings is 1. The summed E-state index contributed by atoms with van der Waals surface area (Å²) in [6, 6.07) is 13.8. The smallest absolute Gasteiger partial charge is 0.260 e. The number of pyridine rings is 2. The summed E-state index contributed by atoms with van der Waals surface area (Å²) in [5.74, 6) is 6.00. The Labute approximate surface area is 520 Å². The Morgan fingerprint density at radius 3 is 1.73 bits per heavy atom. The number of allylic oxidation sites excluding steroid dienone is 1. The molecule has 0 amide bonds. The lowest BCUT2D eigenvalue weighted by Crippen LogP contribution is -2.43. The van der Waals surface area contributed by atoms with Gasteiger partial charge in [0.2, 0.25) is 11.8 Å². The number of thioether (sulfide) groups is 1. The van der Waals surface area contributed by atoms with Crippen LogP contribution in [0.5, 0.6) is 0 Å². The van der Waals surface area contributed by atoms with Gasteiger partial charge in [-0.25, -0.2) is 33.7 Å². The number of nitrogens with zero attached hydrogens (tertiary/aromatic N) is 10. The van der Waals surface area contributed by atoms with Crippen molar-refractivity contribution in [3.8, 4) is 0 Å². The number of nitrogens with one attached hydrogen (secondary N) is 2. The van der Waals surface area contributed by atoms with E-state index in [-0.39, 0.29) is 13.0 Å². The van der Waals surface area contributed by atoms with Crippen LogP contribution in [0.15, 0.2) is 87.6 Å². The van der Waals surface area contributed by atoms with Crippen LogP contribution in [-0.4, -0.2) is 127 Å². The predicted octanol–water partition coefficient (Wildman–Crippen LogP) is 17.0. The summed E-state index contributed by atoms with van der Waals surface area (Å²) < 4.78 is 37.2. The molecule has 0 aromatic carbocycles. The van der Waals surface area contributed by atoms with Crippen molar-refractivity contribution in [1.82, 2.24) is 49.8 Å². The van der Waals surface area contributed by atoms with Crippen LogP contribution in [0, 0.1) is 55.3 Å². The maximum absolute atomic E-state index is 12.9. The van der Waals surface area contributed by atoms with E-state index in [9.17, 15) is 8.78 Å². The maximum Gasteiger partial charge on any atom is 0.260 e. The molecule has 5 aromatic rings. The van der Waals surface area contributed by atoms with E-state index in [0.717, 1.165) is 128 Å². The topological polar surface area (TPSA) is 156 Å². The lowest BCUT2D eigenvalue weighted by molar-refractivity contribution is -0.0645. The van der Waals surface area contributed by atoms with Gasteiger partial charge < -0.3 is 19.9 Å². The second-order valence-electron chi connectivity index (χ2n) is 24.6. The summed E-state index contributed by atoms with van der Waals surface area (Å²) in [7, 11) is 0. The number of rotatable bonds is 21. The number of aryl methyl sites for hydroxylation is 3. The van der Waals surface area contributed by atoms with Crippen LogP contribution in [0.3, 0.4) is 0 Å². The standard InChI is InChI=1S/C11H15N.C10H15BrN2.C10H19F2N.C10H18N2O.C9H19NO.C8H13N3.C8H12N2S/c1-9(2)7-8-11-6-4-5-10(3)12-11;1-7(2)6-12-9-5-4-8(3)13-10(9)11;1-9(2)4-7-13-6-3-5-10(11,12)8-13;1-7(2)5-6-9-11-10(8(3)4)12-13-9;1-9(2)3-4-10-5-7-11-8-6-10;2*1-7(2)6-11-8-9-4-3-5-10-8/h4-9H,1-3H3;4-5,7,12H,6H2,1-3H3;9H,3-8H2,1-2H3;7-8H,5-6H2,1-4H3;9H,3-8H2,1-2H3;3-5,7H,6H2,1-2H3,(H,9,10,11);3-5,7H,6H2,1-2H3/b8-7+;;;;;;. The first-order valence-corrected chi connectivity index (χ1v) is 32.6. The van der Waals surface area contributed by atoms with Gasteiger partial charge in [-0.1, -0.05) is 140 Å². The molecule has 84 heavy (non-hydrogen) atoms. The fourth-order valence-electron chi connectivity index (χ4n) is 7.17. The predicted molar refractivity (Wildman–Crippen MR) is 354 cm³/mol. The molecule has 2 aliphatic rings. The van der Waals surface area contributed by atoms with E-state index < -0.39 is 5.92 Å². The second-order valence-corrected chi connectivity index (χ2v) is 26.4. The number of hydrogen-bond acceptors (Lipinski definition) is 15. The summed E-state index contributed by atoms with van der Waals surface area (Å²) >= 11 is 5.13. The molecule has 0 unspecified atom stereocenters. The monoisotopic (exact) mass is 1250 g/mol. The summed E-state index contributed by atoms with van der Waals surface area (Å²) in [4.78, 5) is 33.6. The number of alkyl halides is 2. The van der Waals surface area contributed by atoms with Gasteiger partial charge in [-0.3, -0.25) is 14.8 Å². The SMILES string of the molecule is CC(C)CCN1CCCC(F)(F)C1.CC(C)CCN1CCOCC1.CC(C)CCc1nc(C(C)C)no1.CC(C)CNc1ncccn1.CC(C)CSc1ncccn1.Cc1ccc(NCC(C)C)c(Br)n1.Cc1cccc(/C=C/C(C)C)n1. The van der Waals surface area contributed by atoms with Crippen LogP contribution >= 0.6 is 27.7 Å². The number of likely N-dealkylation sites (tertiary alicyclic amines) is 1. The van der Waals surface area contributed by atoms with Gasteiger partial charge in [-0.15, -0.1) is 0 Å². The molecule has 7 rings (SSSR count). The summed E-state index contributed by atoms with van der Waals surface area (Å²) in [5, 5.41) is 11.2. The number of piperidine rings is 1. The second kappa shape index (κ2) is 45.8. The normalized spacial score (nSPS) is 14.2. The van der Waals surface area contributed by atoms with E-state index in [0.29, 0.717) is 53.8 Å². The zero-order valence-corrected chi connectivity index (χ0v) is 57.4. The molecular weight excluding hydrogens is 1140 g/mol. The van der Waals surface area contributed by atoms with Gasteiger partial charge >= 0.3 is 0 Å². The van der Waals surface area contributed by atoms with Crippen molar-refractivity contribution in [3.05, 3.63) is 107 Å². The van der Waals surface area contributed by atoms with Gasteiger partial charge in [0.25, 0.3) is 5.92 Å². The van der Waals surface area contributed by atoms with Gasteiger partial charge in [0.05, 0.1) is 31.1 Å². The summed E-state index contributed by atoms with van der Waals surface area (Å²) in [5.41, 5.74) is 4.21. The van der Waals surface area contributed by atoms with Crippen molar-refractivity contribution in [3.63, 3.8) is 0 Å². The zero-order chi connectivity index (χ0) is 62.9. The molecule has 0 saturated carbocycles. The van der Waals surface area contributed by atoms with Gasteiger partial charge in [0.1, 0.15) is 4.60 Å². The lowest BCUT2D eigenvalue weighted by Gasteiger charge is -2.32. The summed E-state index contributed by atoms with van der Waals surface area (Å²) in [6.07, 6.45) is 16.3. The zero-order valence-electron chi connectivity index (χ0n) is 55.0. The highest BCUT2D eigenvalue weighted by atomic mass is 79.9. The van der Waals surface area contributed by atoms with E-state index >= 15 is 0 Å². The third kappa shape index (κ3) is 43.2. The molecule has 0 radical (unpaired) electrons. The Hall–Kier alpha value is -4.49. The maximum atomic E-state index is 12.9. The highest BCUT2D eigenvalue weighted by molar-refractivity contribution is 9.10. The first-order valence-electron chi connectivity index (χ1n) is 30.9. The first kappa shape index (κ1) is 77.5. The van der Waals surface area contributed by atoms with Crippen LogP contribution in [0.2, 0.25) is 0 Å². The molecule has 0 spiro atoms. The van der Waals surface area contributed by atoms with Crippen LogP contribution in [0.4, 0.5) is 20.4 Å². The molecule has 0 aliphatic carbocycles. The highest BCUT2D eigenvalue weighted by Crippen LogP contribution is 2.27. The molecular formula is C66H111BrF2N12O2S. The Balaban J connectivity index is 0.000000491. The van der Waals surface area contributed by atoms with Crippen molar-refractivity contribution < 1.29 is 18.0 Å². The van der Waals surface area contributed by atoms with Crippen molar-refractivity contribution in [2.75, 3.05) is 82.0 Å². The van der Waals surface area contributed by atoms with Gasteiger partial charge in [0, 0.05) is 86.9 Å². The highest BCUT2D eigenvalue weighted by Gasteiger charge is 2.34. The number of anilines is 2. The molecule has 7 heterocycles. The first-order chi connectivity index (χ1) is 39.7. The molecule has 0 atom stereocenters. The minimum absolute atomic E-state index is 0.0281. The van der Waals surface area contributed by atoms with E-state index in [1.807, 2.05) is 49.1 Å². The lowest BCUT2D eigenvalue weighted by atomic mass is 10.1. The molecule has 5 aromatic heterocycles. The average Bonchev–Trinajstić information content (AvgIpc) is 3.95. The third-order valence-corrected chi connectivity index (χ3v) is 14.0. The van der Waals surface area contributed by atoms with Crippen molar-refractivity contribution >= 4 is 45.4 Å². The molecule has 2 saturated heterocycles.